The second kappa shape index (κ2) is 7.90. The van der Waals surface area contributed by atoms with E-state index in [1.165, 1.54) is 24.0 Å². The van der Waals surface area contributed by atoms with Crippen LogP contribution in [0.5, 0.6) is 0 Å². The molecule has 0 saturated heterocycles. The fourth-order valence-electron chi connectivity index (χ4n) is 2.68. The third kappa shape index (κ3) is 5.42. The minimum Gasteiger partial charge on any atom is -0.310 e. The van der Waals surface area contributed by atoms with Crippen molar-refractivity contribution in [2.24, 2.45) is 0 Å². The molecule has 0 aromatic heterocycles. The van der Waals surface area contributed by atoms with Gasteiger partial charge in [0.05, 0.1) is 5.75 Å². The molecule has 0 bridgehead atoms. The van der Waals surface area contributed by atoms with E-state index >= 15 is 0 Å². The number of rotatable bonds is 7. The van der Waals surface area contributed by atoms with Gasteiger partial charge >= 0.3 is 0 Å². The molecular weight excluding hydrogens is 325 g/mol. The summed E-state index contributed by atoms with van der Waals surface area (Å²) in [6, 6.07) is 14.6. The quantitative estimate of drug-likeness (QED) is 0.830. The number of hydrogen-bond donors (Lipinski definition) is 1. The molecule has 2 atom stereocenters. The molecule has 0 heterocycles. The molecule has 2 aromatic carbocycles. The molecular formula is C19H24FNO2S. The Morgan fingerprint density at radius 3 is 2.33 bits per heavy atom. The molecule has 130 valence electrons. The molecule has 3 nitrogen and oxygen atoms in total. The lowest BCUT2D eigenvalue weighted by atomic mass is 9.94. The van der Waals surface area contributed by atoms with Crippen LogP contribution >= 0.6 is 0 Å². The molecule has 0 fully saturated rings. The van der Waals surface area contributed by atoms with E-state index in [9.17, 15) is 12.8 Å². The Labute approximate surface area is 143 Å². The summed E-state index contributed by atoms with van der Waals surface area (Å²) < 4.78 is 36.7. The lowest BCUT2D eigenvalue weighted by Crippen LogP contribution is -2.31. The van der Waals surface area contributed by atoms with Crippen LogP contribution in [0.25, 0.3) is 0 Å². The maximum Gasteiger partial charge on any atom is 0.151 e. The minimum absolute atomic E-state index is 0.0765. The lowest BCUT2D eigenvalue weighted by molar-refractivity contribution is 0.478. The molecule has 0 aliphatic heterocycles. The fourth-order valence-corrected chi connectivity index (χ4v) is 3.52. The Kier molecular flexibility index (Phi) is 6.13. The summed E-state index contributed by atoms with van der Waals surface area (Å²) >= 11 is 0. The first-order valence-electron chi connectivity index (χ1n) is 7.99. The van der Waals surface area contributed by atoms with Crippen molar-refractivity contribution in [2.45, 2.75) is 38.1 Å². The van der Waals surface area contributed by atoms with Crippen LogP contribution in [0.2, 0.25) is 0 Å². The average molecular weight is 349 g/mol. The van der Waals surface area contributed by atoms with Gasteiger partial charge in [0, 0.05) is 18.8 Å². The van der Waals surface area contributed by atoms with Crippen molar-refractivity contribution >= 4 is 9.84 Å². The van der Waals surface area contributed by atoms with E-state index in [4.69, 9.17) is 0 Å². The maximum absolute atomic E-state index is 13.6. The van der Waals surface area contributed by atoms with Crippen molar-refractivity contribution in [1.82, 2.24) is 5.32 Å². The van der Waals surface area contributed by atoms with Gasteiger partial charge in [-0.3, -0.25) is 0 Å². The summed E-state index contributed by atoms with van der Waals surface area (Å²) in [7, 11) is -3.16. The van der Waals surface area contributed by atoms with E-state index in [1.54, 1.807) is 6.07 Å². The van der Waals surface area contributed by atoms with Crippen molar-refractivity contribution in [2.75, 3.05) is 6.26 Å². The van der Waals surface area contributed by atoms with E-state index in [1.807, 2.05) is 18.2 Å². The highest BCUT2D eigenvalue weighted by molar-refractivity contribution is 7.89. The van der Waals surface area contributed by atoms with Crippen LogP contribution in [0.15, 0.2) is 48.5 Å². The lowest BCUT2D eigenvalue weighted by Gasteiger charge is -2.22. The number of halogens is 1. The SMILES string of the molecule is C[C@H](NCc1cc(F)ccc1CS(C)(=O)=O)[C@@H](C)c1ccccc1. The highest BCUT2D eigenvalue weighted by Gasteiger charge is 2.15. The third-order valence-corrected chi connectivity index (χ3v) is 5.11. The van der Waals surface area contributed by atoms with Crippen molar-refractivity contribution < 1.29 is 12.8 Å². The van der Waals surface area contributed by atoms with Crippen molar-refractivity contribution in [3.05, 3.63) is 71.0 Å². The predicted molar refractivity (Wildman–Crippen MR) is 96.1 cm³/mol. The molecule has 5 heteroatoms. The molecule has 0 saturated carbocycles. The highest BCUT2D eigenvalue weighted by atomic mass is 32.2. The largest absolute Gasteiger partial charge is 0.310 e. The number of sulfone groups is 1. The molecule has 0 aliphatic rings. The number of hydrogen-bond acceptors (Lipinski definition) is 3. The summed E-state index contributed by atoms with van der Waals surface area (Å²) in [4.78, 5) is 0. The van der Waals surface area contributed by atoms with Crippen molar-refractivity contribution in [3.8, 4) is 0 Å². The first-order chi connectivity index (χ1) is 11.3. The van der Waals surface area contributed by atoms with E-state index in [-0.39, 0.29) is 23.5 Å². The zero-order valence-electron chi connectivity index (χ0n) is 14.3. The van der Waals surface area contributed by atoms with Crippen LogP contribution in [0, 0.1) is 5.82 Å². The summed E-state index contributed by atoms with van der Waals surface area (Å²) in [5, 5.41) is 3.39. The van der Waals surface area contributed by atoms with Crippen molar-refractivity contribution in [1.29, 1.82) is 0 Å². The monoisotopic (exact) mass is 349 g/mol. The number of benzene rings is 2. The zero-order chi connectivity index (χ0) is 17.7. The van der Waals surface area contributed by atoms with Crippen LogP contribution in [-0.4, -0.2) is 20.7 Å². The van der Waals surface area contributed by atoms with E-state index in [0.717, 1.165) is 0 Å². The van der Waals surface area contributed by atoms with Gasteiger partial charge in [0.15, 0.2) is 9.84 Å². The van der Waals surface area contributed by atoms with Gasteiger partial charge in [-0.2, -0.15) is 0 Å². The molecule has 0 radical (unpaired) electrons. The van der Waals surface area contributed by atoms with Gasteiger partial charge in [-0.15, -0.1) is 0 Å². The second-order valence-electron chi connectivity index (χ2n) is 6.35. The molecule has 2 rings (SSSR count). The predicted octanol–water partition coefficient (Wildman–Crippen LogP) is 3.65. The molecule has 0 unspecified atom stereocenters. The first-order valence-corrected chi connectivity index (χ1v) is 10.1. The number of nitrogens with one attached hydrogen (secondary N) is 1. The third-order valence-electron chi connectivity index (χ3n) is 4.28. The molecule has 1 N–H and O–H groups in total. The van der Waals surface area contributed by atoms with Crippen molar-refractivity contribution in [3.63, 3.8) is 0 Å². The summed E-state index contributed by atoms with van der Waals surface area (Å²) in [6.45, 7) is 4.64. The van der Waals surface area contributed by atoms with Gasteiger partial charge < -0.3 is 5.32 Å². The summed E-state index contributed by atoms with van der Waals surface area (Å²) in [5.41, 5.74) is 2.56. The Balaban J connectivity index is 2.09. The highest BCUT2D eigenvalue weighted by Crippen LogP contribution is 2.20. The molecule has 0 aliphatic carbocycles. The van der Waals surface area contributed by atoms with Crippen LogP contribution in [0.3, 0.4) is 0 Å². The van der Waals surface area contributed by atoms with E-state index in [0.29, 0.717) is 17.7 Å². The smallest absolute Gasteiger partial charge is 0.151 e. The van der Waals surface area contributed by atoms with Gasteiger partial charge in [0.25, 0.3) is 0 Å². The Hall–Kier alpha value is -1.72. The molecule has 0 spiro atoms. The van der Waals surface area contributed by atoms with Gasteiger partial charge in [-0.25, -0.2) is 12.8 Å². The first kappa shape index (κ1) is 18.6. The topological polar surface area (TPSA) is 46.2 Å². The van der Waals surface area contributed by atoms with E-state index < -0.39 is 9.84 Å². The Bertz CT molecular complexity index is 775. The average Bonchev–Trinajstić information content (AvgIpc) is 2.53. The molecule has 2 aromatic rings. The van der Waals surface area contributed by atoms with Gasteiger partial charge in [0.2, 0.25) is 0 Å². The van der Waals surface area contributed by atoms with Crippen LogP contribution in [0.4, 0.5) is 4.39 Å². The van der Waals surface area contributed by atoms with Gasteiger partial charge in [0.1, 0.15) is 5.82 Å². The van der Waals surface area contributed by atoms with Crippen LogP contribution < -0.4 is 5.32 Å². The fraction of sp³-hybridized carbons (Fsp3) is 0.368. The van der Waals surface area contributed by atoms with Crippen LogP contribution in [0.1, 0.15) is 36.5 Å². The standard InChI is InChI=1S/C19H24FNO2S/c1-14(16-7-5-4-6-8-16)15(2)21-12-18-11-19(20)10-9-17(18)13-24(3,22)23/h4-11,14-15,21H,12-13H2,1-3H3/t14-,15+/m1/s1. The maximum atomic E-state index is 13.6. The molecule has 0 amide bonds. The summed E-state index contributed by atoms with van der Waals surface area (Å²) in [5.74, 6) is -0.140. The normalized spacial score (nSPS) is 14.3. The Morgan fingerprint density at radius 2 is 1.71 bits per heavy atom. The Morgan fingerprint density at radius 1 is 1.04 bits per heavy atom. The minimum atomic E-state index is -3.16. The zero-order valence-corrected chi connectivity index (χ0v) is 15.1. The molecule has 24 heavy (non-hydrogen) atoms. The summed E-state index contributed by atoms with van der Waals surface area (Å²) in [6.07, 6.45) is 1.19. The van der Waals surface area contributed by atoms with E-state index in [2.05, 4.69) is 31.3 Å². The van der Waals surface area contributed by atoms with Crippen LogP contribution in [-0.2, 0) is 22.1 Å². The van der Waals surface area contributed by atoms with Gasteiger partial charge in [-0.05, 0) is 41.7 Å². The second-order valence-corrected chi connectivity index (χ2v) is 8.49. The van der Waals surface area contributed by atoms with Gasteiger partial charge in [-0.1, -0.05) is 43.3 Å².